The third-order valence-electron chi connectivity index (χ3n) is 14.8. The lowest BCUT2D eigenvalue weighted by Crippen LogP contribution is -2.34. The van der Waals surface area contributed by atoms with Gasteiger partial charge >= 0.3 is 0 Å². The fourth-order valence-electron chi connectivity index (χ4n) is 11.3. The van der Waals surface area contributed by atoms with Gasteiger partial charge in [0.2, 0.25) is 0 Å². The number of para-hydroxylation sites is 1. The van der Waals surface area contributed by atoms with Gasteiger partial charge in [0.15, 0.2) is 0 Å². The molecular formula is C64H55N. The molecule has 11 rings (SSSR count). The summed E-state index contributed by atoms with van der Waals surface area (Å²) < 4.78 is 0. The summed E-state index contributed by atoms with van der Waals surface area (Å²) >= 11 is 0. The van der Waals surface area contributed by atoms with Crippen LogP contribution < -0.4 is 4.90 Å². The molecule has 9 aromatic carbocycles. The van der Waals surface area contributed by atoms with Crippen LogP contribution in [0.2, 0.25) is 0 Å². The van der Waals surface area contributed by atoms with E-state index in [2.05, 4.69) is 258 Å². The molecule has 0 amide bonds. The van der Waals surface area contributed by atoms with Crippen LogP contribution in [0.1, 0.15) is 79.5 Å². The maximum absolute atomic E-state index is 2.58. The van der Waals surface area contributed by atoms with E-state index in [1.165, 1.54) is 89.9 Å². The van der Waals surface area contributed by atoms with Crippen LogP contribution >= 0.6 is 0 Å². The van der Waals surface area contributed by atoms with Crippen molar-refractivity contribution in [1.82, 2.24) is 0 Å². The second-order valence-electron chi connectivity index (χ2n) is 19.6. The van der Waals surface area contributed by atoms with E-state index in [4.69, 9.17) is 0 Å². The standard InChI is InChI=1S/C64H55N/c1-44-40-58-59(63(4,5)39-38-62(58,2)3)42-53(44)55-41-54-52-31-18-20-32-56(52)64(48-26-14-8-15-27-48,49-28-16-9-17-29-49)57(54)43-61(55)65(50-36-34-46(35-37-50)45-22-10-6-11-23-45)60-33-21-19-30-51(60)47-24-12-7-13-25-47/h6-37,40-43H,38-39H2,1-5H3. The first-order chi connectivity index (χ1) is 31.6. The largest absolute Gasteiger partial charge is 0.309 e. The third kappa shape index (κ3) is 6.67. The molecule has 0 radical (unpaired) electrons. The zero-order valence-electron chi connectivity index (χ0n) is 38.1. The van der Waals surface area contributed by atoms with Gasteiger partial charge in [0.1, 0.15) is 0 Å². The van der Waals surface area contributed by atoms with Crippen molar-refractivity contribution < 1.29 is 0 Å². The number of benzene rings is 9. The highest BCUT2D eigenvalue weighted by molar-refractivity contribution is 5.99. The molecule has 1 heteroatoms. The zero-order valence-corrected chi connectivity index (χ0v) is 38.1. The minimum atomic E-state index is -0.569. The molecule has 316 valence electrons. The Morgan fingerprint density at radius 3 is 1.45 bits per heavy atom. The average Bonchev–Trinajstić information content (AvgIpc) is 3.64. The smallest absolute Gasteiger partial charge is 0.0714 e. The van der Waals surface area contributed by atoms with E-state index in [-0.39, 0.29) is 10.8 Å². The summed E-state index contributed by atoms with van der Waals surface area (Å²) in [6.07, 6.45) is 2.33. The number of nitrogens with zero attached hydrogens (tertiary/aromatic N) is 1. The summed E-state index contributed by atoms with van der Waals surface area (Å²) in [4.78, 5) is 2.56. The Morgan fingerprint density at radius 1 is 0.338 bits per heavy atom. The molecule has 0 N–H and O–H groups in total. The van der Waals surface area contributed by atoms with Crippen molar-refractivity contribution in [3.63, 3.8) is 0 Å². The molecule has 65 heavy (non-hydrogen) atoms. The van der Waals surface area contributed by atoms with E-state index >= 15 is 0 Å². The summed E-state index contributed by atoms with van der Waals surface area (Å²) in [5.74, 6) is 0. The van der Waals surface area contributed by atoms with E-state index in [1.807, 2.05) is 0 Å². The third-order valence-corrected chi connectivity index (χ3v) is 14.8. The first-order valence-electron chi connectivity index (χ1n) is 23.3. The first kappa shape index (κ1) is 40.5. The lowest BCUT2D eigenvalue weighted by molar-refractivity contribution is 0.332. The van der Waals surface area contributed by atoms with Gasteiger partial charge in [-0.25, -0.2) is 0 Å². The number of hydrogen-bond acceptors (Lipinski definition) is 1. The predicted octanol–water partition coefficient (Wildman–Crippen LogP) is 17.2. The Hall–Kier alpha value is -7.22. The normalized spacial score (nSPS) is 15.1. The number of fused-ring (bicyclic) bond motifs is 4. The molecule has 0 saturated heterocycles. The van der Waals surface area contributed by atoms with Crippen LogP contribution in [0.3, 0.4) is 0 Å². The summed E-state index contributed by atoms with van der Waals surface area (Å²) in [6, 6.07) is 81.6. The van der Waals surface area contributed by atoms with Gasteiger partial charge < -0.3 is 4.90 Å². The van der Waals surface area contributed by atoms with Crippen molar-refractivity contribution in [2.24, 2.45) is 0 Å². The fraction of sp³-hybridized carbons (Fsp3) is 0.156. The summed E-state index contributed by atoms with van der Waals surface area (Å²) in [6.45, 7) is 12.1. The SMILES string of the molecule is Cc1cc2c(cc1-c1cc3c(cc1N(c1ccc(-c4ccccc4)cc1)c1ccccc1-c1ccccc1)C(c1ccccc1)(c1ccccc1)c1ccccc1-3)C(C)(C)CCC2(C)C. The molecule has 2 aliphatic rings. The second kappa shape index (κ2) is 15.8. The monoisotopic (exact) mass is 837 g/mol. The molecule has 9 aromatic rings. The van der Waals surface area contributed by atoms with E-state index in [0.29, 0.717) is 0 Å². The Labute approximate surface area is 385 Å². The molecular weight excluding hydrogens is 783 g/mol. The van der Waals surface area contributed by atoms with Gasteiger partial charge in [-0.3, -0.25) is 0 Å². The van der Waals surface area contributed by atoms with Crippen LogP contribution in [0.15, 0.2) is 218 Å². The molecule has 0 unspecified atom stereocenters. The van der Waals surface area contributed by atoms with E-state index < -0.39 is 5.41 Å². The van der Waals surface area contributed by atoms with Gasteiger partial charge in [-0.15, -0.1) is 0 Å². The first-order valence-corrected chi connectivity index (χ1v) is 23.3. The van der Waals surface area contributed by atoms with Gasteiger partial charge in [-0.1, -0.05) is 210 Å². The van der Waals surface area contributed by atoms with Gasteiger partial charge in [0.25, 0.3) is 0 Å². The van der Waals surface area contributed by atoms with Crippen LogP contribution in [-0.4, -0.2) is 0 Å². The van der Waals surface area contributed by atoms with Crippen molar-refractivity contribution in [2.75, 3.05) is 4.90 Å². The van der Waals surface area contributed by atoms with Gasteiger partial charge in [-0.05, 0) is 139 Å². The van der Waals surface area contributed by atoms with E-state index in [0.717, 1.165) is 23.5 Å². The molecule has 0 spiro atoms. The van der Waals surface area contributed by atoms with Crippen molar-refractivity contribution in [1.29, 1.82) is 0 Å². The van der Waals surface area contributed by atoms with Crippen molar-refractivity contribution in [3.8, 4) is 44.5 Å². The van der Waals surface area contributed by atoms with E-state index in [9.17, 15) is 0 Å². The lowest BCUT2D eigenvalue weighted by atomic mass is 9.62. The van der Waals surface area contributed by atoms with Crippen LogP contribution in [0.5, 0.6) is 0 Å². The molecule has 0 fully saturated rings. The molecule has 0 atom stereocenters. The molecule has 0 heterocycles. The van der Waals surface area contributed by atoms with Gasteiger partial charge in [0.05, 0.1) is 16.8 Å². The van der Waals surface area contributed by atoms with Gasteiger partial charge in [0, 0.05) is 16.8 Å². The molecule has 0 saturated carbocycles. The molecule has 2 aliphatic carbocycles. The molecule has 1 nitrogen and oxygen atoms in total. The lowest BCUT2D eigenvalue weighted by Gasteiger charge is -2.42. The second-order valence-corrected chi connectivity index (χ2v) is 19.6. The number of rotatable bonds is 8. The summed E-state index contributed by atoms with van der Waals surface area (Å²) in [5, 5.41) is 0. The Kier molecular flexibility index (Phi) is 9.85. The Bertz CT molecular complexity index is 3140. The number of hydrogen-bond donors (Lipinski definition) is 0. The summed E-state index contributed by atoms with van der Waals surface area (Å²) in [7, 11) is 0. The van der Waals surface area contributed by atoms with Crippen LogP contribution in [-0.2, 0) is 16.2 Å². The topological polar surface area (TPSA) is 3.24 Å². The van der Waals surface area contributed by atoms with Crippen LogP contribution in [0.4, 0.5) is 17.1 Å². The maximum atomic E-state index is 2.58. The number of aryl methyl sites for hydroxylation is 1. The minimum absolute atomic E-state index is 0.0411. The quantitative estimate of drug-likeness (QED) is 0.147. The molecule has 0 bridgehead atoms. The van der Waals surface area contributed by atoms with Crippen LogP contribution in [0.25, 0.3) is 44.5 Å². The molecule has 0 aromatic heterocycles. The summed E-state index contributed by atoms with van der Waals surface area (Å²) in [5.41, 5.74) is 22.1. The van der Waals surface area contributed by atoms with Crippen LogP contribution in [0, 0.1) is 6.92 Å². The fourth-order valence-corrected chi connectivity index (χ4v) is 11.3. The van der Waals surface area contributed by atoms with Crippen molar-refractivity contribution in [3.05, 3.63) is 257 Å². The highest BCUT2D eigenvalue weighted by Gasteiger charge is 2.47. The highest BCUT2D eigenvalue weighted by atomic mass is 15.1. The van der Waals surface area contributed by atoms with Crippen molar-refractivity contribution in [2.45, 2.75) is 63.7 Å². The van der Waals surface area contributed by atoms with Crippen molar-refractivity contribution >= 4 is 17.1 Å². The highest BCUT2D eigenvalue weighted by Crippen LogP contribution is 2.60. The average molecular weight is 838 g/mol. The maximum Gasteiger partial charge on any atom is 0.0714 e. The Morgan fingerprint density at radius 2 is 0.831 bits per heavy atom. The minimum Gasteiger partial charge on any atom is -0.309 e. The Balaban J connectivity index is 1.28. The zero-order chi connectivity index (χ0) is 44.3. The number of anilines is 3. The predicted molar refractivity (Wildman–Crippen MR) is 275 cm³/mol. The van der Waals surface area contributed by atoms with E-state index in [1.54, 1.807) is 0 Å². The van der Waals surface area contributed by atoms with Gasteiger partial charge in [-0.2, -0.15) is 0 Å². The molecule has 0 aliphatic heterocycles.